The zero-order valence-corrected chi connectivity index (χ0v) is 12.0. The summed E-state index contributed by atoms with van der Waals surface area (Å²) in [5, 5.41) is 4.36. The van der Waals surface area contributed by atoms with E-state index in [1.54, 1.807) is 0 Å². The van der Waals surface area contributed by atoms with E-state index in [0.29, 0.717) is 12.0 Å². The Bertz CT molecular complexity index is 401. The van der Waals surface area contributed by atoms with E-state index < -0.39 is 0 Å². The van der Waals surface area contributed by atoms with Gasteiger partial charge in [0.1, 0.15) is 0 Å². The second-order valence-corrected chi connectivity index (χ2v) is 5.50. The minimum Gasteiger partial charge on any atom is -0.380 e. The lowest BCUT2D eigenvalue weighted by molar-refractivity contribution is 0.133. The summed E-state index contributed by atoms with van der Waals surface area (Å²) in [7, 11) is 0. The lowest BCUT2D eigenvalue weighted by Crippen LogP contribution is -2.41. The van der Waals surface area contributed by atoms with Crippen LogP contribution in [0.4, 0.5) is 0 Å². The molecule has 0 saturated heterocycles. The van der Waals surface area contributed by atoms with Crippen LogP contribution in [-0.4, -0.2) is 25.8 Å². The van der Waals surface area contributed by atoms with Gasteiger partial charge < -0.3 is 10.1 Å². The highest BCUT2D eigenvalue weighted by molar-refractivity contribution is 6.30. The normalized spacial score (nSPS) is 21.9. The third-order valence-electron chi connectivity index (χ3n) is 3.60. The Balaban J connectivity index is 1.57. The summed E-state index contributed by atoms with van der Waals surface area (Å²) in [6.07, 6.45) is 5.22. The predicted octanol–water partition coefficient (Wildman–Crippen LogP) is 3.77. The Morgan fingerprint density at radius 3 is 2.95 bits per heavy atom. The van der Waals surface area contributed by atoms with Crippen LogP contribution in [0, 0.1) is 0 Å². The monoisotopic (exact) mass is 279 g/mol. The van der Waals surface area contributed by atoms with Crippen molar-refractivity contribution in [3.63, 3.8) is 0 Å². The molecule has 104 valence electrons. The number of rotatable bonds is 8. The highest BCUT2D eigenvalue weighted by Gasteiger charge is 2.29. The zero-order chi connectivity index (χ0) is 13.5. The van der Waals surface area contributed by atoms with E-state index in [9.17, 15) is 0 Å². The minimum absolute atomic E-state index is 0.631. The molecular weight excluding hydrogens is 258 g/mol. The van der Waals surface area contributed by atoms with Crippen LogP contribution in [0.25, 0.3) is 0 Å². The number of nitrogens with one attached hydrogen (secondary N) is 1. The fourth-order valence-electron chi connectivity index (χ4n) is 2.42. The summed E-state index contributed by atoms with van der Waals surface area (Å²) in [6, 6.07) is 8.85. The fraction of sp³-hybridized carbons (Fsp3) is 0.500. The van der Waals surface area contributed by atoms with Crippen molar-refractivity contribution in [3.05, 3.63) is 47.5 Å². The van der Waals surface area contributed by atoms with Crippen LogP contribution in [0.1, 0.15) is 30.7 Å². The Morgan fingerprint density at radius 2 is 2.21 bits per heavy atom. The molecule has 3 heteroatoms. The van der Waals surface area contributed by atoms with Gasteiger partial charge in [0.2, 0.25) is 0 Å². The molecule has 0 bridgehead atoms. The molecule has 1 aliphatic carbocycles. The van der Waals surface area contributed by atoms with Gasteiger partial charge in [-0.05, 0) is 42.9 Å². The van der Waals surface area contributed by atoms with Gasteiger partial charge >= 0.3 is 0 Å². The first-order chi connectivity index (χ1) is 9.29. The molecule has 0 amide bonds. The van der Waals surface area contributed by atoms with Crippen molar-refractivity contribution in [2.75, 3.05) is 19.8 Å². The van der Waals surface area contributed by atoms with Gasteiger partial charge in [-0.3, -0.25) is 0 Å². The Labute approximate surface area is 120 Å². The van der Waals surface area contributed by atoms with Crippen molar-refractivity contribution in [2.45, 2.75) is 31.2 Å². The van der Waals surface area contributed by atoms with Gasteiger partial charge in [-0.15, -0.1) is 6.58 Å². The summed E-state index contributed by atoms with van der Waals surface area (Å²) >= 11 is 6.01. The van der Waals surface area contributed by atoms with Crippen LogP contribution < -0.4 is 5.32 Å². The van der Waals surface area contributed by atoms with Crippen molar-refractivity contribution in [1.29, 1.82) is 0 Å². The second-order valence-electron chi connectivity index (χ2n) is 5.06. The van der Waals surface area contributed by atoms with Crippen molar-refractivity contribution in [1.82, 2.24) is 5.32 Å². The standard InChI is InChI=1S/C16H22ClNO/c1-2-3-8-19-9-7-18-16-11-14(12-16)13-5-4-6-15(17)10-13/h2,4-6,10,14,16,18H,1,3,7-9,11-12H2. The van der Waals surface area contributed by atoms with Gasteiger partial charge in [-0.1, -0.05) is 29.8 Å². The van der Waals surface area contributed by atoms with E-state index in [1.165, 1.54) is 18.4 Å². The third-order valence-corrected chi connectivity index (χ3v) is 3.84. The van der Waals surface area contributed by atoms with Crippen LogP contribution in [0.15, 0.2) is 36.9 Å². The lowest BCUT2D eigenvalue weighted by atomic mass is 9.76. The van der Waals surface area contributed by atoms with Gasteiger partial charge in [-0.25, -0.2) is 0 Å². The number of ether oxygens (including phenoxy) is 1. The fourth-order valence-corrected chi connectivity index (χ4v) is 2.62. The molecule has 1 fully saturated rings. The first-order valence-electron chi connectivity index (χ1n) is 6.97. The van der Waals surface area contributed by atoms with Gasteiger partial charge in [0.05, 0.1) is 13.2 Å². The third kappa shape index (κ3) is 4.64. The van der Waals surface area contributed by atoms with Crippen LogP contribution in [0.3, 0.4) is 0 Å². The minimum atomic E-state index is 0.631. The molecule has 1 aromatic rings. The Morgan fingerprint density at radius 1 is 1.37 bits per heavy atom. The SMILES string of the molecule is C=CCCOCCNC1CC(c2cccc(Cl)c2)C1. The molecule has 0 atom stereocenters. The van der Waals surface area contributed by atoms with Crippen LogP contribution in [0.2, 0.25) is 5.02 Å². The quantitative estimate of drug-likeness (QED) is 0.578. The topological polar surface area (TPSA) is 21.3 Å². The molecule has 0 aromatic heterocycles. The highest BCUT2D eigenvalue weighted by atomic mass is 35.5. The number of benzene rings is 1. The van der Waals surface area contributed by atoms with Gasteiger partial charge in [0, 0.05) is 17.6 Å². The smallest absolute Gasteiger partial charge is 0.0591 e. The molecule has 19 heavy (non-hydrogen) atoms. The molecule has 0 aliphatic heterocycles. The summed E-state index contributed by atoms with van der Waals surface area (Å²) < 4.78 is 5.47. The summed E-state index contributed by atoms with van der Waals surface area (Å²) in [5.41, 5.74) is 1.37. The second kappa shape index (κ2) is 7.68. The van der Waals surface area contributed by atoms with E-state index in [2.05, 4.69) is 24.0 Å². The summed E-state index contributed by atoms with van der Waals surface area (Å²) in [6.45, 7) is 6.16. The molecule has 1 saturated carbocycles. The van der Waals surface area contributed by atoms with Crippen LogP contribution >= 0.6 is 11.6 Å². The van der Waals surface area contributed by atoms with Crippen molar-refractivity contribution >= 4 is 11.6 Å². The lowest BCUT2D eigenvalue weighted by Gasteiger charge is -2.36. The number of halogens is 1. The van der Waals surface area contributed by atoms with E-state index in [1.807, 2.05) is 18.2 Å². The van der Waals surface area contributed by atoms with Crippen molar-refractivity contribution in [2.24, 2.45) is 0 Å². The maximum absolute atomic E-state index is 6.01. The molecule has 1 aromatic carbocycles. The van der Waals surface area contributed by atoms with E-state index in [4.69, 9.17) is 16.3 Å². The molecule has 0 unspecified atom stereocenters. The van der Waals surface area contributed by atoms with Crippen molar-refractivity contribution < 1.29 is 4.74 Å². The molecule has 0 radical (unpaired) electrons. The molecular formula is C16H22ClNO. The molecule has 0 heterocycles. The van der Waals surface area contributed by atoms with Gasteiger partial charge in [0.25, 0.3) is 0 Å². The molecule has 0 spiro atoms. The number of hydrogen-bond donors (Lipinski definition) is 1. The highest BCUT2D eigenvalue weighted by Crippen LogP contribution is 2.37. The van der Waals surface area contributed by atoms with E-state index in [0.717, 1.165) is 31.2 Å². The van der Waals surface area contributed by atoms with Crippen LogP contribution in [0.5, 0.6) is 0 Å². The summed E-state index contributed by atoms with van der Waals surface area (Å²) in [4.78, 5) is 0. The molecule has 2 nitrogen and oxygen atoms in total. The van der Waals surface area contributed by atoms with E-state index >= 15 is 0 Å². The molecule has 1 aliphatic rings. The van der Waals surface area contributed by atoms with Crippen molar-refractivity contribution in [3.8, 4) is 0 Å². The Hall–Kier alpha value is -0.830. The average molecular weight is 280 g/mol. The Kier molecular flexibility index (Phi) is 5.90. The zero-order valence-electron chi connectivity index (χ0n) is 11.3. The largest absolute Gasteiger partial charge is 0.380 e. The first-order valence-corrected chi connectivity index (χ1v) is 7.35. The molecule has 1 N–H and O–H groups in total. The average Bonchev–Trinajstić information content (AvgIpc) is 2.35. The van der Waals surface area contributed by atoms with Crippen LogP contribution in [-0.2, 0) is 4.74 Å². The van der Waals surface area contributed by atoms with Gasteiger partial charge in [-0.2, -0.15) is 0 Å². The number of hydrogen-bond acceptors (Lipinski definition) is 2. The van der Waals surface area contributed by atoms with Gasteiger partial charge in [0.15, 0.2) is 0 Å². The predicted molar refractivity (Wildman–Crippen MR) is 80.9 cm³/mol. The maximum Gasteiger partial charge on any atom is 0.0591 e. The first kappa shape index (κ1) is 14.6. The maximum atomic E-state index is 6.01. The summed E-state index contributed by atoms with van der Waals surface area (Å²) in [5.74, 6) is 0.665. The van der Waals surface area contributed by atoms with E-state index in [-0.39, 0.29) is 0 Å². The molecule has 2 rings (SSSR count).